The van der Waals surface area contributed by atoms with Gasteiger partial charge in [0.25, 0.3) is 0 Å². The molecule has 0 radical (unpaired) electrons. The van der Waals surface area contributed by atoms with E-state index in [1.165, 1.54) is 22.8 Å². The fourth-order valence-corrected chi connectivity index (χ4v) is 3.59. The zero-order chi connectivity index (χ0) is 19.5. The quantitative estimate of drug-likeness (QED) is 0.567. The monoisotopic (exact) mass is 389 g/mol. The molecule has 5 rings (SSSR count). The highest BCUT2D eigenvalue weighted by Crippen LogP contribution is 2.38. The topological polar surface area (TPSA) is 88.1 Å². The molecule has 0 saturated heterocycles. The largest absolute Gasteiger partial charge is 0.418 e. The third-order valence-electron chi connectivity index (χ3n) is 4.79. The number of fused-ring (bicyclic) bond motifs is 2. The molecule has 0 bridgehead atoms. The first-order valence-corrected chi connectivity index (χ1v) is 8.56. The first-order chi connectivity index (χ1) is 13.4. The van der Waals surface area contributed by atoms with Crippen molar-refractivity contribution in [3.8, 4) is 0 Å². The number of anilines is 1. The van der Waals surface area contributed by atoms with Gasteiger partial charge in [-0.25, -0.2) is 9.50 Å². The van der Waals surface area contributed by atoms with Crippen molar-refractivity contribution < 1.29 is 17.6 Å². The number of aromatic amines is 1. The molecular formula is C17H14F3N7O. The van der Waals surface area contributed by atoms with Gasteiger partial charge in [0.2, 0.25) is 5.89 Å². The minimum atomic E-state index is -4.48. The number of alkyl halides is 3. The summed E-state index contributed by atoms with van der Waals surface area (Å²) in [4.78, 5) is 9.28. The summed E-state index contributed by atoms with van der Waals surface area (Å²) in [7, 11) is 0. The number of aromatic nitrogens is 6. The normalized spacial score (nSPS) is 17.3. The molecule has 4 aromatic heterocycles. The number of hydrogen-bond acceptors (Lipinski definition) is 6. The van der Waals surface area contributed by atoms with Gasteiger partial charge in [0.15, 0.2) is 0 Å². The molecule has 1 aliphatic heterocycles. The van der Waals surface area contributed by atoms with Gasteiger partial charge >= 0.3 is 12.2 Å². The van der Waals surface area contributed by atoms with E-state index in [0.29, 0.717) is 30.2 Å². The van der Waals surface area contributed by atoms with Gasteiger partial charge in [-0.15, -0.1) is 5.10 Å². The highest BCUT2D eigenvalue weighted by atomic mass is 19.4. The number of nitrogens with one attached hydrogen (secondary N) is 1. The van der Waals surface area contributed by atoms with Gasteiger partial charge in [0.1, 0.15) is 6.04 Å². The lowest BCUT2D eigenvalue weighted by molar-refractivity contribution is -0.136. The molecule has 5 heterocycles. The Labute approximate surface area is 156 Å². The second-order valence-electron chi connectivity index (χ2n) is 6.53. The summed E-state index contributed by atoms with van der Waals surface area (Å²) >= 11 is 0. The average molecular weight is 389 g/mol. The summed E-state index contributed by atoms with van der Waals surface area (Å²) in [6, 6.07) is 3.54. The van der Waals surface area contributed by atoms with E-state index in [0.717, 1.165) is 11.8 Å². The number of nitrogens with zero attached hydrogens (tertiary/aromatic N) is 6. The third kappa shape index (κ3) is 2.53. The van der Waals surface area contributed by atoms with Gasteiger partial charge in [-0.2, -0.15) is 18.3 Å². The van der Waals surface area contributed by atoms with E-state index < -0.39 is 17.8 Å². The number of rotatable bonds is 2. The first kappa shape index (κ1) is 16.8. The van der Waals surface area contributed by atoms with Crippen molar-refractivity contribution in [2.45, 2.75) is 25.6 Å². The first-order valence-electron chi connectivity index (χ1n) is 8.56. The molecule has 0 saturated carbocycles. The Hall–Kier alpha value is -3.37. The molecule has 11 heteroatoms. The Morgan fingerprint density at radius 3 is 2.89 bits per heavy atom. The van der Waals surface area contributed by atoms with Crippen molar-refractivity contribution in [2.24, 2.45) is 0 Å². The molecule has 8 nitrogen and oxygen atoms in total. The van der Waals surface area contributed by atoms with Gasteiger partial charge < -0.3 is 14.3 Å². The van der Waals surface area contributed by atoms with Crippen LogP contribution in [0.1, 0.15) is 34.6 Å². The molecule has 0 amide bonds. The maximum absolute atomic E-state index is 13.4. The molecule has 0 spiro atoms. The second kappa shape index (κ2) is 5.81. The second-order valence-corrected chi connectivity index (χ2v) is 6.53. The summed E-state index contributed by atoms with van der Waals surface area (Å²) < 4.78 is 47.0. The standard InChI is InChI=1S/C17H14F3N7O/c1-9-23-24-16(28-9)26-6-4-11-14(22-8-21-11)15(26)12-7-13-10(17(18,19)20)3-2-5-27(13)25-12/h2-3,5,7-8,15H,4,6H2,1H3,(H,21,22). The van der Waals surface area contributed by atoms with Crippen molar-refractivity contribution in [3.63, 3.8) is 0 Å². The Morgan fingerprint density at radius 1 is 1.29 bits per heavy atom. The predicted octanol–water partition coefficient (Wildman–Crippen LogP) is 2.92. The smallest absolute Gasteiger partial charge is 0.408 e. The number of pyridine rings is 1. The minimum Gasteiger partial charge on any atom is -0.408 e. The molecule has 0 fully saturated rings. The van der Waals surface area contributed by atoms with Crippen LogP contribution in [0.25, 0.3) is 5.52 Å². The van der Waals surface area contributed by atoms with Crippen molar-refractivity contribution in [1.29, 1.82) is 0 Å². The molecule has 1 N–H and O–H groups in total. The van der Waals surface area contributed by atoms with Gasteiger partial charge in [-0.1, -0.05) is 5.10 Å². The van der Waals surface area contributed by atoms with E-state index in [1.54, 1.807) is 13.3 Å². The van der Waals surface area contributed by atoms with Gasteiger partial charge in [0, 0.05) is 31.8 Å². The van der Waals surface area contributed by atoms with Crippen LogP contribution in [-0.4, -0.2) is 36.3 Å². The van der Waals surface area contributed by atoms with Crippen LogP contribution < -0.4 is 4.90 Å². The third-order valence-corrected chi connectivity index (χ3v) is 4.79. The summed E-state index contributed by atoms with van der Waals surface area (Å²) in [6.07, 6.45) is -0.762. The number of imidazole rings is 1. The van der Waals surface area contributed by atoms with Crippen molar-refractivity contribution >= 4 is 11.5 Å². The van der Waals surface area contributed by atoms with Crippen LogP contribution in [-0.2, 0) is 12.6 Å². The van der Waals surface area contributed by atoms with E-state index in [1.807, 2.05) is 4.90 Å². The maximum Gasteiger partial charge on any atom is 0.418 e. The van der Waals surface area contributed by atoms with Gasteiger partial charge in [-0.3, -0.25) is 0 Å². The van der Waals surface area contributed by atoms with E-state index in [4.69, 9.17) is 4.42 Å². The number of H-pyrrole nitrogens is 1. The zero-order valence-corrected chi connectivity index (χ0v) is 14.6. The predicted molar refractivity (Wildman–Crippen MR) is 90.7 cm³/mol. The lowest BCUT2D eigenvalue weighted by Gasteiger charge is -2.32. The molecule has 1 aliphatic rings. The lowest BCUT2D eigenvalue weighted by Crippen LogP contribution is -2.36. The van der Waals surface area contributed by atoms with Crippen LogP contribution >= 0.6 is 0 Å². The van der Waals surface area contributed by atoms with Crippen LogP contribution in [0.4, 0.5) is 19.2 Å². The minimum absolute atomic E-state index is 0.0191. The summed E-state index contributed by atoms with van der Waals surface area (Å²) in [5.41, 5.74) is 1.24. The van der Waals surface area contributed by atoms with E-state index in [2.05, 4.69) is 25.3 Å². The zero-order valence-electron chi connectivity index (χ0n) is 14.6. The SMILES string of the molecule is Cc1nnc(N2CCc3[nH]cnc3C2c2cc3c(C(F)(F)F)cccn3n2)o1. The Balaban J connectivity index is 1.69. The number of aryl methyl sites for hydroxylation is 1. The van der Waals surface area contributed by atoms with E-state index in [9.17, 15) is 13.2 Å². The van der Waals surface area contributed by atoms with Gasteiger partial charge in [-0.05, 0) is 18.2 Å². The van der Waals surface area contributed by atoms with Crippen LogP contribution in [0, 0.1) is 6.92 Å². The average Bonchev–Trinajstić information content (AvgIpc) is 3.37. The highest BCUT2D eigenvalue weighted by molar-refractivity contribution is 5.58. The Bertz CT molecular complexity index is 1160. The van der Waals surface area contributed by atoms with Crippen LogP contribution in [0.5, 0.6) is 0 Å². The molecule has 0 aliphatic carbocycles. The number of halogens is 3. The molecule has 144 valence electrons. The molecule has 1 atom stereocenters. The van der Waals surface area contributed by atoms with Crippen LogP contribution in [0.2, 0.25) is 0 Å². The fourth-order valence-electron chi connectivity index (χ4n) is 3.59. The number of hydrogen-bond donors (Lipinski definition) is 1. The van der Waals surface area contributed by atoms with Crippen molar-refractivity contribution in [1.82, 2.24) is 29.8 Å². The molecule has 0 aromatic carbocycles. The highest BCUT2D eigenvalue weighted by Gasteiger charge is 2.38. The summed E-state index contributed by atoms with van der Waals surface area (Å²) in [6.45, 7) is 2.21. The molecular weight excluding hydrogens is 375 g/mol. The molecule has 4 aromatic rings. The molecule has 1 unspecified atom stereocenters. The molecule has 28 heavy (non-hydrogen) atoms. The summed E-state index contributed by atoms with van der Waals surface area (Å²) in [5, 5.41) is 12.3. The summed E-state index contributed by atoms with van der Waals surface area (Å²) in [5.74, 6) is 0.399. The fraction of sp³-hybridized carbons (Fsp3) is 0.294. The lowest BCUT2D eigenvalue weighted by atomic mass is 10.00. The Morgan fingerprint density at radius 2 is 2.14 bits per heavy atom. The van der Waals surface area contributed by atoms with E-state index in [-0.39, 0.29) is 11.5 Å². The van der Waals surface area contributed by atoms with Crippen LogP contribution in [0.3, 0.4) is 0 Å². The van der Waals surface area contributed by atoms with E-state index >= 15 is 0 Å². The Kier molecular flexibility index (Phi) is 3.48. The van der Waals surface area contributed by atoms with Crippen molar-refractivity contribution in [2.75, 3.05) is 11.4 Å². The van der Waals surface area contributed by atoms with Crippen molar-refractivity contribution in [3.05, 3.63) is 59.3 Å². The maximum atomic E-state index is 13.4. The van der Waals surface area contributed by atoms with Crippen LogP contribution in [0.15, 0.2) is 35.1 Å². The van der Waals surface area contributed by atoms with Gasteiger partial charge in [0.05, 0.1) is 28.8 Å².